The van der Waals surface area contributed by atoms with Crippen molar-refractivity contribution in [1.29, 1.82) is 0 Å². The van der Waals surface area contributed by atoms with E-state index in [-0.39, 0.29) is 0 Å². The van der Waals surface area contributed by atoms with Crippen molar-refractivity contribution in [3.05, 3.63) is 200 Å². The highest BCUT2D eigenvalue weighted by atomic mass is 32.1. The highest BCUT2D eigenvalue weighted by Gasteiger charge is 2.24. The molecular formula is C55H33N3S. The van der Waals surface area contributed by atoms with Crippen LogP contribution in [0.4, 0.5) is 0 Å². The molecule has 0 unspecified atom stereocenters. The zero-order valence-corrected chi connectivity index (χ0v) is 32.6. The standard InChI is InChI=1S/C55H33N3S/c1-3-15-34(16-4-1)35-27-29-37(30-28-35)53-56-54(45-26-14-9-21-40(45)36-17-5-2-6-18-36)58-55(57-53)52-50-44-25-13-12-23-42(44)41-22-10-11-24-43(41)46(50)33-49-51(52)47-31-38-19-7-8-20-39(38)32-48(47)59-49/h1-33H. The van der Waals surface area contributed by atoms with Gasteiger partial charge in [-0.2, -0.15) is 0 Å². The van der Waals surface area contributed by atoms with Gasteiger partial charge in [0.15, 0.2) is 17.5 Å². The first-order valence-electron chi connectivity index (χ1n) is 19.9. The fourth-order valence-corrected chi connectivity index (χ4v) is 10.1. The van der Waals surface area contributed by atoms with Gasteiger partial charge in [-0.3, -0.25) is 0 Å². The summed E-state index contributed by atoms with van der Waals surface area (Å²) in [5, 5.41) is 12.0. The SMILES string of the molecule is c1ccc(-c2ccc(-c3nc(-c4ccccc4-c4ccccc4)nc(-c4c5c(cc6c7ccccc7c7ccccc7c46)sc4cc6ccccc6cc45)n3)cc2)cc1. The molecule has 3 nitrogen and oxygen atoms in total. The van der Waals surface area contributed by atoms with Gasteiger partial charge >= 0.3 is 0 Å². The number of nitrogens with zero attached hydrogens (tertiary/aromatic N) is 3. The fourth-order valence-electron chi connectivity index (χ4n) is 8.96. The third-order valence-electron chi connectivity index (χ3n) is 11.7. The summed E-state index contributed by atoms with van der Waals surface area (Å²) in [6.45, 7) is 0. The van der Waals surface area contributed by atoms with Gasteiger partial charge in [0.1, 0.15) is 0 Å². The molecule has 0 amide bonds. The van der Waals surface area contributed by atoms with Gasteiger partial charge in [0.25, 0.3) is 0 Å². The Kier molecular flexibility index (Phi) is 7.72. The molecule has 4 heteroatoms. The van der Waals surface area contributed by atoms with Crippen LogP contribution in [0.15, 0.2) is 200 Å². The maximum Gasteiger partial charge on any atom is 0.165 e. The quantitative estimate of drug-likeness (QED) is 0.164. The third kappa shape index (κ3) is 5.53. The number of thiophene rings is 1. The lowest BCUT2D eigenvalue weighted by atomic mass is 9.89. The Labute approximate surface area is 344 Å². The molecule has 0 aliphatic heterocycles. The molecular weight excluding hydrogens is 735 g/mol. The first-order chi connectivity index (χ1) is 29.2. The molecule has 12 rings (SSSR count). The van der Waals surface area contributed by atoms with Gasteiger partial charge in [-0.1, -0.05) is 182 Å². The van der Waals surface area contributed by atoms with Crippen molar-refractivity contribution in [2.45, 2.75) is 0 Å². The molecule has 0 atom stereocenters. The second-order valence-electron chi connectivity index (χ2n) is 15.1. The minimum absolute atomic E-state index is 0.632. The smallest absolute Gasteiger partial charge is 0.165 e. The molecule has 0 N–H and O–H groups in total. The van der Waals surface area contributed by atoms with Gasteiger partial charge in [0, 0.05) is 42.2 Å². The van der Waals surface area contributed by atoms with Crippen LogP contribution in [-0.4, -0.2) is 15.0 Å². The van der Waals surface area contributed by atoms with Crippen LogP contribution >= 0.6 is 11.3 Å². The van der Waals surface area contributed by atoms with E-state index in [4.69, 9.17) is 15.0 Å². The highest BCUT2D eigenvalue weighted by molar-refractivity contribution is 7.26. The van der Waals surface area contributed by atoms with Crippen molar-refractivity contribution in [2.24, 2.45) is 0 Å². The Morgan fingerprint density at radius 3 is 1.53 bits per heavy atom. The molecule has 12 aromatic rings. The Hall–Kier alpha value is -7.53. The Morgan fingerprint density at radius 2 is 0.797 bits per heavy atom. The average molecular weight is 768 g/mol. The van der Waals surface area contributed by atoms with Crippen LogP contribution in [0.2, 0.25) is 0 Å². The third-order valence-corrected chi connectivity index (χ3v) is 12.8. The predicted octanol–water partition coefficient (Wildman–Crippen LogP) is 15.2. The van der Waals surface area contributed by atoms with E-state index in [2.05, 4.69) is 200 Å². The van der Waals surface area contributed by atoms with Crippen LogP contribution in [0.1, 0.15) is 0 Å². The van der Waals surface area contributed by atoms with E-state index >= 15 is 0 Å². The summed E-state index contributed by atoms with van der Waals surface area (Å²) in [6, 6.07) is 71.4. The van der Waals surface area contributed by atoms with E-state index < -0.39 is 0 Å². The minimum Gasteiger partial charge on any atom is -0.208 e. The van der Waals surface area contributed by atoms with Crippen LogP contribution < -0.4 is 0 Å². The molecule has 0 saturated heterocycles. The topological polar surface area (TPSA) is 38.7 Å². The molecule has 274 valence electrons. The molecule has 0 aliphatic rings. The molecule has 0 radical (unpaired) electrons. The molecule has 0 spiro atoms. The van der Waals surface area contributed by atoms with Gasteiger partial charge in [0.2, 0.25) is 0 Å². The summed E-state index contributed by atoms with van der Waals surface area (Å²) in [5.41, 5.74) is 7.41. The maximum absolute atomic E-state index is 5.57. The van der Waals surface area contributed by atoms with Crippen LogP contribution in [0.3, 0.4) is 0 Å². The zero-order chi connectivity index (χ0) is 38.9. The summed E-state index contributed by atoms with van der Waals surface area (Å²) in [5.74, 6) is 1.92. The van der Waals surface area contributed by atoms with Crippen molar-refractivity contribution in [3.8, 4) is 56.4 Å². The fraction of sp³-hybridized carbons (Fsp3) is 0. The molecule has 10 aromatic carbocycles. The summed E-state index contributed by atoms with van der Waals surface area (Å²) in [4.78, 5) is 16.4. The second-order valence-corrected chi connectivity index (χ2v) is 16.2. The molecule has 59 heavy (non-hydrogen) atoms. The summed E-state index contributed by atoms with van der Waals surface area (Å²) >= 11 is 1.84. The monoisotopic (exact) mass is 767 g/mol. The Balaban J connectivity index is 1.23. The molecule has 0 bridgehead atoms. The highest BCUT2D eigenvalue weighted by Crippen LogP contribution is 2.49. The number of hydrogen-bond acceptors (Lipinski definition) is 4. The van der Waals surface area contributed by atoms with Gasteiger partial charge in [-0.25, -0.2) is 15.0 Å². The second kappa shape index (κ2) is 13.6. The minimum atomic E-state index is 0.632. The Morgan fingerprint density at radius 1 is 0.288 bits per heavy atom. The van der Waals surface area contributed by atoms with E-state index in [9.17, 15) is 0 Å². The summed E-state index contributed by atoms with van der Waals surface area (Å²) < 4.78 is 2.45. The van der Waals surface area contributed by atoms with Crippen LogP contribution in [0.5, 0.6) is 0 Å². The van der Waals surface area contributed by atoms with Crippen LogP contribution in [0.25, 0.3) is 120 Å². The van der Waals surface area contributed by atoms with Crippen molar-refractivity contribution in [2.75, 3.05) is 0 Å². The van der Waals surface area contributed by atoms with Gasteiger partial charge in [0.05, 0.1) is 0 Å². The molecule has 0 fully saturated rings. The van der Waals surface area contributed by atoms with Gasteiger partial charge in [-0.15, -0.1) is 11.3 Å². The molecule has 0 saturated carbocycles. The Bertz CT molecular complexity index is 3590. The average Bonchev–Trinajstić information content (AvgIpc) is 3.67. The van der Waals surface area contributed by atoms with E-state index in [1.807, 2.05) is 11.3 Å². The zero-order valence-electron chi connectivity index (χ0n) is 31.8. The lowest BCUT2D eigenvalue weighted by Gasteiger charge is -2.17. The lowest BCUT2D eigenvalue weighted by Crippen LogP contribution is -2.02. The summed E-state index contributed by atoms with van der Waals surface area (Å²) in [6.07, 6.45) is 0. The maximum atomic E-state index is 5.57. The van der Waals surface area contributed by atoms with Crippen LogP contribution in [-0.2, 0) is 0 Å². The van der Waals surface area contributed by atoms with Crippen molar-refractivity contribution >= 4 is 74.6 Å². The largest absolute Gasteiger partial charge is 0.208 e. The normalized spacial score (nSPS) is 11.7. The number of benzene rings is 10. The van der Waals surface area contributed by atoms with Crippen molar-refractivity contribution in [1.82, 2.24) is 15.0 Å². The van der Waals surface area contributed by atoms with Crippen LogP contribution in [0, 0.1) is 0 Å². The molecule has 2 aromatic heterocycles. The number of hydrogen-bond donors (Lipinski definition) is 0. The first kappa shape index (κ1) is 33.6. The van der Waals surface area contributed by atoms with E-state index in [1.165, 1.54) is 63.4 Å². The number of rotatable bonds is 5. The number of aromatic nitrogens is 3. The first-order valence-corrected chi connectivity index (χ1v) is 20.8. The lowest BCUT2D eigenvalue weighted by molar-refractivity contribution is 1.08. The van der Waals surface area contributed by atoms with Crippen molar-refractivity contribution < 1.29 is 0 Å². The van der Waals surface area contributed by atoms with E-state index in [0.29, 0.717) is 17.5 Å². The predicted molar refractivity (Wildman–Crippen MR) is 250 cm³/mol. The molecule has 2 heterocycles. The number of fused-ring (bicyclic) bond motifs is 10. The molecule has 0 aliphatic carbocycles. The van der Waals surface area contributed by atoms with Crippen molar-refractivity contribution in [3.63, 3.8) is 0 Å². The summed E-state index contributed by atoms with van der Waals surface area (Å²) in [7, 11) is 0. The van der Waals surface area contributed by atoms with Gasteiger partial charge < -0.3 is 0 Å². The van der Waals surface area contributed by atoms with E-state index in [0.717, 1.165) is 38.8 Å². The van der Waals surface area contributed by atoms with Gasteiger partial charge in [-0.05, 0) is 78.2 Å². The van der Waals surface area contributed by atoms with E-state index in [1.54, 1.807) is 0 Å².